The number of hydrogen-bond acceptors (Lipinski definition) is 0. The molecule has 0 unspecified atom stereocenters. The van der Waals surface area contributed by atoms with Gasteiger partial charge in [0.25, 0.3) is 0 Å². The van der Waals surface area contributed by atoms with E-state index in [4.69, 9.17) is 0 Å². The van der Waals surface area contributed by atoms with E-state index < -0.39 is 0 Å². The molecule has 0 aliphatic heterocycles. The fourth-order valence-electron chi connectivity index (χ4n) is 6.80. The first-order valence-corrected chi connectivity index (χ1v) is 15.4. The zero-order valence-electron chi connectivity index (χ0n) is 25.0. The van der Waals surface area contributed by atoms with E-state index >= 15 is 0 Å². The van der Waals surface area contributed by atoms with Gasteiger partial charge in [-0.1, -0.05) is 146 Å². The summed E-state index contributed by atoms with van der Waals surface area (Å²) < 4.78 is 0. The highest BCUT2D eigenvalue weighted by atomic mass is 14.2. The Kier molecular flexibility index (Phi) is 6.35. The second-order valence-electron chi connectivity index (χ2n) is 11.8. The predicted molar refractivity (Wildman–Crippen MR) is 190 cm³/mol. The Hall–Kier alpha value is -5.46. The van der Waals surface area contributed by atoms with Crippen LogP contribution < -0.4 is 0 Å². The van der Waals surface area contributed by atoms with E-state index in [1.807, 2.05) is 0 Å². The van der Waals surface area contributed by atoms with Crippen LogP contribution in [-0.2, 0) is 0 Å². The van der Waals surface area contributed by atoms with Crippen molar-refractivity contribution in [2.75, 3.05) is 0 Å². The third kappa shape index (κ3) is 4.39. The van der Waals surface area contributed by atoms with Crippen molar-refractivity contribution < 1.29 is 0 Å². The van der Waals surface area contributed by atoms with E-state index in [0.29, 0.717) is 0 Å². The molecule has 0 N–H and O–H groups in total. The molecule has 8 rings (SSSR count). The largest absolute Gasteiger partial charge is 0.0622 e. The summed E-state index contributed by atoms with van der Waals surface area (Å²) in [6.07, 6.45) is 0. The third-order valence-electron chi connectivity index (χ3n) is 9.16. The van der Waals surface area contributed by atoms with Crippen molar-refractivity contribution in [3.8, 4) is 44.5 Å². The van der Waals surface area contributed by atoms with Crippen LogP contribution in [0, 0.1) is 13.8 Å². The van der Waals surface area contributed by atoms with Crippen molar-refractivity contribution >= 4 is 32.3 Å². The lowest BCUT2D eigenvalue weighted by Crippen LogP contribution is -1.95. The molecule has 0 radical (unpaired) electrons. The second-order valence-corrected chi connectivity index (χ2v) is 11.8. The molecule has 0 aromatic heterocycles. The van der Waals surface area contributed by atoms with Gasteiger partial charge in [-0.15, -0.1) is 0 Å². The molecule has 0 amide bonds. The topological polar surface area (TPSA) is 0 Å². The minimum atomic E-state index is 1.23. The van der Waals surface area contributed by atoms with E-state index in [1.54, 1.807) is 0 Å². The van der Waals surface area contributed by atoms with Gasteiger partial charge >= 0.3 is 0 Å². The molecular formula is C44H32. The zero-order chi connectivity index (χ0) is 29.6. The monoisotopic (exact) mass is 560 g/mol. The molecule has 0 aliphatic carbocycles. The van der Waals surface area contributed by atoms with Gasteiger partial charge in [0, 0.05) is 0 Å². The van der Waals surface area contributed by atoms with Gasteiger partial charge in [-0.05, 0) is 114 Å². The van der Waals surface area contributed by atoms with Gasteiger partial charge < -0.3 is 0 Å². The van der Waals surface area contributed by atoms with E-state index in [2.05, 4.69) is 172 Å². The van der Waals surface area contributed by atoms with Crippen LogP contribution in [0.2, 0.25) is 0 Å². The van der Waals surface area contributed by atoms with Gasteiger partial charge in [-0.3, -0.25) is 0 Å². The van der Waals surface area contributed by atoms with Crippen molar-refractivity contribution in [1.82, 2.24) is 0 Å². The molecule has 0 heterocycles. The van der Waals surface area contributed by atoms with Crippen LogP contribution in [0.3, 0.4) is 0 Å². The summed E-state index contributed by atoms with van der Waals surface area (Å²) in [5.41, 5.74) is 12.7. The molecule has 0 saturated carbocycles. The quantitative estimate of drug-likeness (QED) is 0.188. The fourth-order valence-corrected chi connectivity index (χ4v) is 6.80. The number of hydrogen-bond donors (Lipinski definition) is 0. The Balaban J connectivity index is 1.48. The summed E-state index contributed by atoms with van der Waals surface area (Å²) in [7, 11) is 0. The fraction of sp³-hybridized carbons (Fsp3) is 0.0455. The lowest BCUT2D eigenvalue weighted by molar-refractivity contribution is 1.37. The maximum Gasteiger partial charge on any atom is -0.00198 e. The zero-order valence-corrected chi connectivity index (χ0v) is 25.0. The number of fused-ring (bicyclic) bond motifs is 3. The third-order valence-corrected chi connectivity index (χ3v) is 9.16. The summed E-state index contributed by atoms with van der Waals surface area (Å²) in [5.74, 6) is 0. The van der Waals surface area contributed by atoms with Crippen molar-refractivity contribution in [2.24, 2.45) is 0 Å². The van der Waals surface area contributed by atoms with Gasteiger partial charge in [0.05, 0.1) is 0 Å². The minimum absolute atomic E-state index is 1.23. The molecule has 0 nitrogen and oxygen atoms in total. The Morgan fingerprint density at radius 2 is 0.727 bits per heavy atom. The van der Waals surface area contributed by atoms with Crippen molar-refractivity contribution in [1.29, 1.82) is 0 Å². The van der Waals surface area contributed by atoms with Crippen LogP contribution in [0.5, 0.6) is 0 Å². The lowest BCUT2D eigenvalue weighted by atomic mass is 9.82. The molecular weight excluding hydrogens is 528 g/mol. The summed E-state index contributed by atoms with van der Waals surface area (Å²) >= 11 is 0. The van der Waals surface area contributed by atoms with E-state index in [1.165, 1.54) is 88.0 Å². The summed E-state index contributed by atoms with van der Waals surface area (Å²) in [6.45, 7) is 4.47. The molecule has 44 heavy (non-hydrogen) atoms. The van der Waals surface area contributed by atoms with Crippen LogP contribution in [0.4, 0.5) is 0 Å². The molecule has 0 bridgehead atoms. The van der Waals surface area contributed by atoms with E-state index in [-0.39, 0.29) is 0 Å². The highest BCUT2D eigenvalue weighted by Crippen LogP contribution is 2.47. The number of aryl methyl sites for hydroxylation is 2. The molecule has 0 atom stereocenters. The van der Waals surface area contributed by atoms with Crippen LogP contribution in [-0.4, -0.2) is 0 Å². The highest BCUT2D eigenvalue weighted by molar-refractivity contribution is 6.23. The first kappa shape index (κ1) is 26.2. The van der Waals surface area contributed by atoms with E-state index in [0.717, 1.165) is 0 Å². The Labute approximate surface area is 258 Å². The second kappa shape index (κ2) is 10.7. The average Bonchev–Trinajstić information content (AvgIpc) is 3.08. The Bertz CT molecular complexity index is 2310. The van der Waals surface area contributed by atoms with Crippen LogP contribution in [0.25, 0.3) is 76.8 Å². The number of benzene rings is 8. The molecule has 8 aromatic carbocycles. The van der Waals surface area contributed by atoms with Crippen LogP contribution >= 0.6 is 0 Å². The molecule has 0 spiro atoms. The van der Waals surface area contributed by atoms with Gasteiger partial charge in [0.1, 0.15) is 0 Å². The maximum atomic E-state index is 2.41. The smallest absolute Gasteiger partial charge is 0.00198 e. The molecule has 0 fully saturated rings. The molecule has 208 valence electrons. The molecule has 8 aromatic rings. The molecule has 0 heteroatoms. The van der Waals surface area contributed by atoms with Gasteiger partial charge in [-0.25, -0.2) is 0 Å². The van der Waals surface area contributed by atoms with Gasteiger partial charge in [0.2, 0.25) is 0 Å². The normalized spacial score (nSPS) is 11.4. The molecule has 0 saturated heterocycles. The highest BCUT2D eigenvalue weighted by Gasteiger charge is 2.20. The van der Waals surface area contributed by atoms with Gasteiger partial charge in [0.15, 0.2) is 0 Å². The van der Waals surface area contributed by atoms with Crippen molar-refractivity contribution in [2.45, 2.75) is 13.8 Å². The Morgan fingerprint density at radius 1 is 0.295 bits per heavy atom. The van der Waals surface area contributed by atoms with Crippen molar-refractivity contribution in [3.05, 3.63) is 169 Å². The van der Waals surface area contributed by atoms with Crippen LogP contribution in [0.1, 0.15) is 11.1 Å². The van der Waals surface area contributed by atoms with E-state index in [9.17, 15) is 0 Å². The predicted octanol–water partition coefficient (Wildman–Crippen LogP) is 12.4. The van der Waals surface area contributed by atoms with Gasteiger partial charge in [-0.2, -0.15) is 0 Å². The minimum Gasteiger partial charge on any atom is -0.0622 e. The first-order chi connectivity index (χ1) is 21.7. The molecule has 0 aliphatic rings. The standard InChI is InChI=1S/C44H32/c1-29-25-40-41(26-30(29)2)44(42-28-36-18-10-9-17-35(36)27-39(42)33-15-7-4-8-16-33)38-20-12-11-19-37(38)43(40)34-23-21-32(22-24-34)31-13-5-3-6-14-31/h3-28H,1-2H3. The number of rotatable bonds is 4. The summed E-state index contributed by atoms with van der Waals surface area (Å²) in [5, 5.41) is 7.65. The average molecular weight is 561 g/mol. The summed E-state index contributed by atoms with van der Waals surface area (Å²) in [4.78, 5) is 0. The Morgan fingerprint density at radius 3 is 1.34 bits per heavy atom. The SMILES string of the molecule is Cc1cc2c(-c3ccc(-c4ccccc4)cc3)c3ccccc3c(-c3cc4ccccc4cc3-c3ccccc3)c2cc1C. The van der Waals surface area contributed by atoms with Crippen LogP contribution in [0.15, 0.2) is 158 Å². The first-order valence-electron chi connectivity index (χ1n) is 15.4. The summed E-state index contributed by atoms with van der Waals surface area (Å²) in [6, 6.07) is 57.9. The van der Waals surface area contributed by atoms with Crippen molar-refractivity contribution in [3.63, 3.8) is 0 Å². The lowest BCUT2D eigenvalue weighted by Gasteiger charge is -2.21. The maximum absolute atomic E-state index is 2.41.